The lowest BCUT2D eigenvalue weighted by Crippen LogP contribution is -2.13. The Labute approximate surface area is 129 Å². The van der Waals surface area contributed by atoms with Gasteiger partial charge in [0.25, 0.3) is 5.91 Å². The Morgan fingerprint density at radius 1 is 1.20 bits per heavy atom. The Bertz CT molecular complexity index is 689. The Hall–Kier alpha value is -1.92. The second-order valence-corrected chi connectivity index (χ2v) is 5.36. The molecule has 0 heterocycles. The van der Waals surface area contributed by atoms with Crippen molar-refractivity contribution in [1.29, 1.82) is 0 Å². The van der Waals surface area contributed by atoms with Gasteiger partial charge in [0.2, 0.25) is 0 Å². The summed E-state index contributed by atoms with van der Waals surface area (Å²) in [5.74, 6) is -0.317. The summed E-state index contributed by atoms with van der Waals surface area (Å²) in [4.78, 5) is 12.3. The van der Waals surface area contributed by atoms with Crippen LogP contribution in [0.1, 0.15) is 15.9 Å². The second kappa shape index (κ2) is 6.02. The fourth-order valence-corrected chi connectivity index (χ4v) is 1.98. The molecule has 102 valence electrons. The Morgan fingerprint density at radius 3 is 2.60 bits per heavy atom. The zero-order valence-electron chi connectivity index (χ0n) is 10.3. The number of hydrogen-bond donors (Lipinski definition) is 3. The molecular formula is C14H11BrN2O2S. The molecule has 0 aliphatic carbocycles. The van der Waals surface area contributed by atoms with E-state index in [9.17, 15) is 9.90 Å². The van der Waals surface area contributed by atoms with Crippen LogP contribution in [-0.2, 0) is 0 Å². The van der Waals surface area contributed by atoms with E-state index < -0.39 is 0 Å². The molecule has 0 bridgehead atoms. The molecule has 0 aliphatic heterocycles. The van der Waals surface area contributed by atoms with Gasteiger partial charge in [0.05, 0.1) is 4.47 Å². The van der Waals surface area contributed by atoms with E-state index >= 15 is 0 Å². The Balaban J connectivity index is 2.21. The number of anilines is 1. The molecule has 0 atom stereocenters. The summed E-state index contributed by atoms with van der Waals surface area (Å²) < 4.78 is 0.532. The third-order valence-corrected chi connectivity index (χ3v) is 3.52. The number of carbonyl (C=O) groups excluding carboxylic acids is 1. The lowest BCUT2D eigenvalue weighted by Gasteiger charge is -2.07. The number of hydrogen-bond acceptors (Lipinski definition) is 3. The van der Waals surface area contributed by atoms with Crippen LogP contribution in [-0.4, -0.2) is 16.0 Å². The SMILES string of the molecule is NC(=S)c1cccc(NC(=O)c2ccc(Br)c(O)c2)c1. The molecule has 0 spiro atoms. The average molecular weight is 351 g/mol. The van der Waals surface area contributed by atoms with Crippen molar-refractivity contribution in [2.24, 2.45) is 5.73 Å². The van der Waals surface area contributed by atoms with Crippen molar-refractivity contribution in [3.8, 4) is 5.75 Å². The number of rotatable bonds is 3. The molecule has 0 aromatic heterocycles. The van der Waals surface area contributed by atoms with Crippen LogP contribution in [0.2, 0.25) is 0 Å². The van der Waals surface area contributed by atoms with Gasteiger partial charge in [-0.1, -0.05) is 24.4 Å². The fraction of sp³-hybridized carbons (Fsp3) is 0. The minimum Gasteiger partial charge on any atom is -0.507 e. The number of benzene rings is 2. The Kier molecular flexibility index (Phi) is 4.36. The molecule has 2 rings (SSSR count). The third-order valence-electron chi connectivity index (χ3n) is 2.61. The van der Waals surface area contributed by atoms with Crippen LogP contribution >= 0.6 is 28.1 Å². The van der Waals surface area contributed by atoms with Gasteiger partial charge >= 0.3 is 0 Å². The zero-order chi connectivity index (χ0) is 14.7. The van der Waals surface area contributed by atoms with E-state index in [1.807, 2.05) is 0 Å². The number of amides is 1. The molecule has 0 unspecified atom stereocenters. The lowest BCUT2D eigenvalue weighted by atomic mass is 10.1. The molecule has 4 nitrogen and oxygen atoms in total. The molecular weight excluding hydrogens is 340 g/mol. The number of thiocarbonyl (C=S) groups is 1. The maximum Gasteiger partial charge on any atom is 0.255 e. The van der Waals surface area contributed by atoms with Gasteiger partial charge in [-0.15, -0.1) is 0 Å². The van der Waals surface area contributed by atoms with Gasteiger partial charge < -0.3 is 16.2 Å². The van der Waals surface area contributed by atoms with Gasteiger partial charge in [0, 0.05) is 16.8 Å². The molecule has 0 saturated heterocycles. The minimum atomic E-state index is -0.326. The summed E-state index contributed by atoms with van der Waals surface area (Å²) in [7, 11) is 0. The average Bonchev–Trinajstić information content (AvgIpc) is 2.42. The maximum atomic E-state index is 12.1. The number of aromatic hydroxyl groups is 1. The first-order valence-electron chi connectivity index (χ1n) is 5.67. The predicted molar refractivity (Wildman–Crippen MR) is 86.1 cm³/mol. The largest absolute Gasteiger partial charge is 0.507 e. The van der Waals surface area contributed by atoms with Gasteiger partial charge in [0.15, 0.2) is 0 Å². The molecule has 20 heavy (non-hydrogen) atoms. The highest BCUT2D eigenvalue weighted by Crippen LogP contribution is 2.24. The smallest absolute Gasteiger partial charge is 0.255 e. The van der Waals surface area contributed by atoms with Crippen LogP contribution in [0.25, 0.3) is 0 Å². The van der Waals surface area contributed by atoms with Gasteiger partial charge in [-0.25, -0.2) is 0 Å². The van der Waals surface area contributed by atoms with Crippen molar-refractivity contribution in [2.75, 3.05) is 5.32 Å². The van der Waals surface area contributed by atoms with Crippen LogP contribution in [0.3, 0.4) is 0 Å². The lowest BCUT2D eigenvalue weighted by molar-refractivity contribution is 0.102. The highest BCUT2D eigenvalue weighted by molar-refractivity contribution is 9.10. The number of carbonyl (C=O) groups is 1. The van der Waals surface area contributed by atoms with Gasteiger partial charge in [-0.2, -0.15) is 0 Å². The molecule has 2 aromatic rings. The molecule has 0 saturated carbocycles. The number of nitrogens with one attached hydrogen (secondary N) is 1. The number of phenols is 1. The topological polar surface area (TPSA) is 75.3 Å². The summed E-state index contributed by atoms with van der Waals surface area (Å²) in [5, 5.41) is 12.3. The van der Waals surface area contributed by atoms with E-state index in [4.69, 9.17) is 18.0 Å². The summed E-state index contributed by atoms with van der Waals surface area (Å²) in [5.41, 5.74) is 7.16. The van der Waals surface area contributed by atoms with Crippen LogP contribution in [0.5, 0.6) is 5.75 Å². The molecule has 6 heteroatoms. The quantitative estimate of drug-likeness (QED) is 0.743. The van der Waals surface area contributed by atoms with E-state index in [0.29, 0.717) is 21.3 Å². The van der Waals surface area contributed by atoms with Crippen molar-refractivity contribution >= 4 is 44.7 Å². The molecule has 0 radical (unpaired) electrons. The number of phenolic OH excluding ortho intramolecular Hbond substituents is 1. The van der Waals surface area contributed by atoms with E-state index in [1.165, 1.54) is 6.07 Å². The first-order valence-corrected chi connectivity index (χ1v) is 6.87. The van der Waals surface area contributed by atoms with Gasteiger partial charge in [-0.05, 0) is 46.3 Å². The van der Waals surface area contributed by atoms with E-state index in [1.54, 1.807) is 36.4 Å². The zero-order valence-corrected chi connectivity index (χ0v) is 12.7. The predicted octanol–water partition coefficient (Wildman–Crippen LogP) is 3.04. The molecule has 4 N–H and O–H groups in total. The second-order valence-electron chi connectivity index (χ2n) is 4.07. The number of nitrogens with two attached hydrogens (primary N) is 1. The van der Waals surface area contributed by atoms with Crippen molar-refractivity contribution < 1.29 is 9.90 Å². The van der Waals surface area contributed by atoms with Gasteiger partial charge in [-0.3, -0.25) is 4.79 Å². The van der Waals surface area contributed by atoms with E-state index in [-0.39, 0.29) is 16.6 Å². The summed E-state index contributed by atoms with van der Waals surface area (Å²) >= 11 is 8.05. The maximum absolute atomic E-state index is 12.1. The molecule has 1 amide bonds. The minimum absolute atomic E-state index is 0.00883. The molecule has 0 fully saturated rings. The van der Waals surface area contributed by atoms with Crippen molar-refractivity contribution in [3.05, 3.63) is 58.1 Å². The van der Waals surface area contributed by atoms with Crippen LogP contribution in [0.4, 0.5) is 5.69 Å². The summed E-state index contributed by atoms with van der Waals surface area (Å²) in [6.07, 6.45) is 0. The van der Waals surface area contributed by atoms with Crippen molar-refractivity contribution in [3.63, 3.8) is 0 Å². The van der Waals surface area contributed by atoms with Crippen molar-refractivity contribution in [1.82, 2.24) is 0 Å². The monoisotopic (exact) mass is 350 g/mol. The van der Waals surface area contributed by atoms with E-state index in [0.717, 1.165) is 0 Å². The summed E-state index contributed by atoms with van der Waals surface area (Å²) in [6, 6.07) is 11.5. The van der Waals surface area contributed by atoms with Gasteiger partial charge in [0.1, 0.15) is 10.7 Å². The highest BCUT2D eigenvalue weighted by Gasteiger charge is 2.09. The number of halogens is 1. The standard InChI is InChI=1S/C14H11BrN2O2S/c15-11-5-4-9(7-12(11)18)14(19)17-10-3-1-2-8(6-10)13(16)20/h1-7,18H,(H2,16,20)(H,17,19). The van der Waals surface area contributed by atoms with Crippen LogP contribution in [0.15, 0.2) is 46.9 Å². The normalized spacial score (nSPS) is 10.1. The third kappa shape index (κ3) is 3.34. The first-order chi connectivity index (χ1) is 9.47. The van der Waals surface area contributed by atoms with E-state index in [2.05, 4.69) is 21.2 Å². The fourth-order valence-electron chi connectivity index (χ4n) is 1.61. The summed E-state index contributed by atoms with van der Waals surface area (Å²) in [6.45, 7) is 0. The van der Waals surface area contributed by atoms with Crippen LogP contribution in [0, 0.1) is 0 Å². The highest BCUT2D eigenvalue weighted by atomic mass is 79.9. The Morgan fingerprint density at radius 2 is 1.95 bits per heavy atom. The van der Waals surface area contributed by atoms with Crippen LogP contribution < -0.4 is 11.1 Å². The first kappa shape index (κ1) is 14.5. The molecule has 2 aromatic carbocycles. The molecule has 0 aliphatic rings. The van der Waals surface area contributed by atoms with Crippen molar-refractivity contribution in [2.45, 2.75) is 0 Å².